The lowest BCUT2D eigenvalue weighted by Crippen LogP contribution is -2.53. The van der Waals surface area contributed by atoms with Crippen LogP contribution in [-0.4, -0.2) is 49.0 Å². The zero-order chi connectivity index (χ0) is 14.1. The van der Waals surface area contributed by atoms with Gasteiger partial charge in [0, 0.05) is 25.0 Å². The first-order valence-corrected chi connectivity index (χ1v) is 7.80. The van der Waals surface area contributed by atoms with Crippen LogP contribution in [0, 0.1) is 5.41 Å². The van der Waals surface area contributed by atoms with Crippen molar-refractivity contribution in [3.8, 4) is 0 Å². The van der Waals surface area contributed by atoms with E-state index in [1.807, 2.05) is 0 Å². The van der Waals surface area contributed by atoms with Gasteiger partial charge in [0.25, 0.3) is 0 Å². The molecule has 3 nitrogen and oxygen atoms in total. The highest BCUT2D eigenvalue weighted by Gasteiger charge is 2.40. The Morgan fingerprint density at radius 1 is 1.16 bits per heavy atom. The van der Waals surface area contributed by atoms with E-state index in [1.54, 1.807) is 0 Å². The summed E-state index contributed by atoms with van der Waals surface area (Å²) in [5.41, 5.74) is 0.387. The molecule has 2 rings (SSSR count). The first-order valence-electron chi connectivity index (χ1n) is 7.80. The molecule has 2 fully saturated rings. The Kier molecular flexibility index (Phi) is 4.59. The Labute approximate surface area is 118 Å². The van der Waals surface area contributed by atoms with E-state index >= 15 is 0 Å². The fourth-order valence-electron chi connectivity index (χ4n) is 3.28. The molecule has 0 aromatic heterocycles. The molecule has 0 N–H and O–H groups in total. The molecule has 0 radical (unpaired) electrons. The summed E-state index contributed by atoms with van der Waals surface area (Å²) >= 11 is 0. The molecule has 0 aromatic rings. The molecule has 2 atom stereocenters. The van der Waals surface area contributed by atoms with Crippen LogP contribution in [0.2, 0.25) is 0 Å². The largest absolute Gasteiger partial charge is 0.375 e. The van der Waals surface area contributed by atoms with Crippen molar-refractivity contribution < 1.29 is 9.47 Å². The Morgan fingerprint density at radius 3 is 2.16 bits per heavy atom. The number of ether oxygens (including phenoxy) is 2. The van der Waals surface area contributed by atoms with Gasteiger partial charge in [-0.05, 0) is 47.5 Å². The zero-order valence-corrected chi connectivity index (χ0v) is 13.4. The van der Waals surface area contributed by atoms with E-state index in [0.29, 0.717) is 17.6 Å². The highest BCUT2D eigenvalue weighted by Crippen LogP contribution is 2.43. The summed E-state index contributed by atoms with van der Waals surface area (Å²) in [6.07, 6.45) is 4.74. The van der Waals surface area contributed by atoms with Crippen molar-refractivity contribution in [2.75, 3.05) is 26.2 Å². The molecular weight excluding hydrogens is 238 g/mol. The van der Waals surface area contributed by atoms with Crippen LogP contribution in [-0.2, 0) is 9.47 Å². The van der Waals surface area contributed by atoms with Gasteiger partial charge in [0.05, 0.1) is 24.4 Å². The van der Waals surface area contributed by atoms with Gasteiger partial charge >= 0.3 is 0 Å². The van der Waals surface area contributed by atoms with E-state index in [-0.39, 0.29) is 5.60 Å². The summed E-state index contributed by atoms with van der Waals surface area (Å²) in [5, 5.41) is 0. The molecule has 1 saturated heterocycles. The van der Waals surface area contributed by atoms with Crippen molar-refractivity contribution in [3.05, 3.63) is 0 Å². The molecule has 1 aliphatic heterocycles. The maximum absolute atomic E-state index is 6.07. The minimum Gasteiger partial charge on any atom is -0.375 e. The van der Waals surface area contributed by atoms with Crippen LogP contribution in [0.4, 0.5) is 0 Å². The standard InChI is InChI=1S/C16H31NO2/c1-13-9-17(10-14(2)19-13)11-16(7-6-8-16)12-18-15(3,4)5/h13-14H,6-12H2,1-5H3/t13-,14+. The van der Waals surface area contributed by atoms with Gasteiger partial charge in [-0.15, -0.1) is 0 Å². The van der Waals surface area contributed by atoms with Crippen LogP contribution in [0.25, 0.3) is 0 Å². The zero-order valence-electron chi connectivity index (χ0n) is 13.4. The van der Waals surface area contributed by atoms with E-state index in [0.717, 1.165) is 19.7 Å². The third-order valence-electron chi connectivity index (χ3n) is 4.28. The maximum Gasteiger partial charge on any atom is 0.0678 e. The highest BCUT2D eigenvalue weighted by atomic mass is 16.5. The molecule has 19 heavy (non-hydrogen) atoms. The molecule has 0 spiro atoms. The summed E-state index contributed by atoms with van der Waals surface area (Å²) in [5.74, 6) is 0. The predicted molar refractivity (Wildman–Crippen MR) is 78.4 cm³/mol. The van der Waals surface area contributed by atoms with Crippen LogP contribution in [0.15, 0.2) is 0 Å². The predicted octanol–water partition coefficient (Wildman–Crippen LogP) is 3.08. The number of hydrogen-bond acceptors (Lipinski definition) is 3. The SMILES string of the molecule is C[C@@H]1CN(CC2(COC(C)(C)C)CCC2)C[C@H](C)O1. The average molecular weight is 269 g/mol. The van der Waals surface area contributed by atoms with Gasteiger partial charge in [-0.3, -0.25) is 4.90 Å². The Hall–Kier alpha value is -0.120. The summed E-state index contributed by atoms with van der Waals surface area (Å²) in [7, 11) is 0. The molecule has 1 aliphatic carbocycles. The molecule has 0 amide bonds. The van der Waals surface area contributed by atoms with Crippen LogP contribution in [0.1, 0.15) is 53.9 Å². The molecule has 0 bridgehead atoms. The number of hydrogen-bond donors (Lipinski definition) is 0. The summed E-state index contributed by atoms with van der Waals surface area (Å²) in [6, 6.07) is 0. The second kappa shape index (κ2) is 5.71. The van der Waals surface area contributed by atoms with E-state index in [2.05, 4.69) is 39.5 Å². The minimum atomic E-state index is -0.0197. The summed E-state index contributed by atoms with van der Waals surface area (Å²) in [4.78, 5) is 2.59. The number of morpholine rings is 1. The van der Waals surface area contributed by atoms with Gasteiger partial charge in [0.15, 0.2) is 0 Å². The van der Waals surface area contributed by atoms with Crippen LogP contribution < -0.4 is 0 Å². The molecule has 1 heterocycles. The smallest absolute Gasteiger partial charge is 0.0678 e. The van der Waals surface area contributed by atoms with Gasteiger partial charge in [0.1, 0.15) is 0 Å². The van der Waals surface area contributed by atoms with Crippen molar-refractivity contribution >= 4 is 0 Å². The topological polar surface area (TPSA) is 21.7 Å². The summed E-state index contributed by atoms with van der Waals surface area (Å²) in [6.45, 7) is 15.1. The van der Waals surface area contributed by atoms with E-state index in [9.17, 15) is 0 Å². The Balaban J connectivity index is 1.87. The van der Waals surface area contributed by atoms with Crippen LogP contribution in [0.5, 0.6) is 0 Å². The van der Waals surface area contributed by atoms with Crippen molar-refractivity contribution in [2.24, 2.45) is 5.41 Å². The fourth-order valence-corrected chi connectivity index (χ4v) is 3.28. The molecule has 0 aromatic carbocycles. The third-order valence-corrected chi connectivity index (χ3v) is 4.28. The van der Waals surface area contributed by atoms with Gasteiger partial charge in [-0.2, -0.15) is 0 Å². The Bertz CT molecular complexity index is 284. The van der Waals surface area contributed by atoms with Crippen molar-refractivity contribution in [1.29, 1.82) is 0 Å². The minimum absolute atomic E-state index is 0.0197. The fraction of sp³-hybridized carbons (Fsp3) is 1.00. The second-order valence-corrected chi connectivity index (χ2v) is 7.71. The lowest BCUT2D eigenvalue weighted by Gasteiger charge is -2.48. The lowest BCUT2D eigenvalue weighted by atomic mass is 9.69. The third kappa shape index (κ3) is 4.44. The van der Waals surface area contributed by atoms with E-state index in [4.69, 9.17) is 9.47 Å². The molecule has 0 unspecified atom stereocenters. The first-order chi connectivity index (χ1) is 8.78. The first kappa shape index (κ1) is 15.3. The molecule has 2 aliphatic rings. The lowest BCUT2D eigenvalue weighted by molar-refractivity contribution is -0.116. The van der Waals surface area contributed by atoms with Gasteiger partial charge < -0.3 is 9.47 Å². The van der Waals surface area contributed by atoms with Crippen molar-refractivity contribution in [1.82, 2.24) is 4.90 Å². The van der Waals surface area contributed by atoms with Crippen LogP contribution >= 0.6 is 0 Å². The molecular formula is C16H31NO2. The quantitative estimate of drug-likeness (QED) is 0.783. The van der Waals surface area contributed by atoms with Gasteiger partial charge in [-0.1, -0.05) is 6.42 Å². The number of rotatable bonds is 4. The number of nitrogens with zero attached hydrogens (tertiary/aromatic N) is 1. The average Bonchev–Trinajstić information content (AvgIpc) is 2.19. The molecule has 112 valence electrons. The van der Waals surface area contributed by atoms with Crippen LogP contribution in [0.3, 0.4) is 0 Å². The maximum atomic E-state index is 6.07. The molecule has 3 heteroatoms. The van der Waals surface area contributed by atoms with E-state index < -0.39 is 0 Å². The van der Waals surface area contributed by atoms with Crippen molar-refractivity contribution in [2.45, 2.75) is 71.7 Å². The normalized spacial score (nSPS) is 32.1. The molecule has 1 saturated carbocycles. The van der Waals surface area contributed by atoms with Gasteiger partial charge in [-0.25, -0.2) is 0 Å². The highest BCUT2D eigenvalue weighted by molar-refractivity contribution is 4.92. The van der Waals surface area contributed by atoms with E-state index in [1.165, 1.54) is 25.8 Å². The summed E-state index contributed by atoms with van der Waals surface area (Å²) < 4.78 is 11.9. The Morgan fingerprint density at radius 2 is 1.74 bits per heavy atom. The monoisotopic (exact) mass is 269 g/mol. The van der Waals surface area contributed by atoms with Gasteiger partial charge in [0.2, 0.25) is 0 Å². The van der Waals surface area contributed by atoms with Crippen molar-refractivity contribution in [3.63, 3.8) is 0 Å². The second-order valence-electron chi connectivity index (χ2n) is 7.71.